The van der Waals surface area contributed by atoms with Crippen LogP contribution in [0.5, 0.6) is 11.5 Å². The number of hydrogen-bond donors (Lipinski definition) is 2. The van der Waals surface area contributed by atoms with Crippen molar-refractivity contribution in [3.05, 3.63) is 53.9 Å². The number of ether oxygens (including phenoxy) is 2. The van der Waals surface area contributed by atoms with E-state index in [-0.39, 0.29) is 5.91 Å². The molecule has 1 aromatic carbocycles. The van der Waals surface area contributed by atoms with Crippen LogP contribution in [0.4, 0.5) is 0 Å². The number of nitrogens with one attached hydrogen (secondary N) is 1. The number of aliphatic carboxylic acids is 1. The molecular weight excluding hydrogens is 326 g/mol. The number of pyridine rings is 1. The molecule has 0 bridgehead atoms. The molecule has 0 aliphatic rings. The van der Waals surface area contributed by atoms with Gasteiger partial charge in [-0.25, -0.2) is 10.2 Å². The molecular formula is C17H17N3O5. The van der Waals surface area contributed by atoms with Crippen molar-refractivity contribution in [3.8, 4) is 11.5 Å². The molecule has 8 nitrogen and oxygen atoms in total. The second-order valence-corrected chi connectivity index (χ2v) is 4.92. The van der Waals surface area contributed by atoms with Gasteiger partial charge in [0.05, 0.1) is 12.8 Å². The van der Waals surface area contributed by atoms with E-state index in [2.05, 4.69) is 15.5 Å². The zero-order chi connectivity index (χ0) is 18.2. The number of aromatic nitrogens is 1. The topological polar surface area (TPSA) is 110 Å². The number of amides is 1. The van der Waals surface area contributed by atoms with Crippen LogP contribution in [0.2, 0.25) is 0 Å². The van der Waals surface area contributed by atoms with Crippen LogP contribution in [-0.4, -0.2) is 41.4 Å². The van der Waals surface area contributed by atoms with Crippen LogP contribution in [0.25, 0.3) is 0 Å². The molecule has 0 fully saturated rings. The monoisotopic (exact) mass is 343 g/mol. The third kappa shape index (κ3) is 5.03. The lowest BCUT2D eigenvalue weighted by Gasteiger charge is -2.11. The molecule has 0 saturated heterocycles. The standard InChI is InChI=1S/C17H17N3O5/c1-11(19-20-17(23)12-5-7-18-8-6-12)13-3-4-14(15(9-13)24-2)25-10-16(21)22/h3-9H,10H2,1-2H3,(H,20,23)(H,21,22)/b19-11-. The molecule has 0 aliphatic carbocycles. The predicted molar refractivity (Wildman–Crippen MR) is 90.0 cm³/mol. The Balaban J connectivity index is 2.11. The minimum Gasteiger partial charge on any atom is -0.493 e. The number of hydrogen-bond acceptors (Lipinski definition) is 6. The zero-order valence-corrected chi connectivity index (χ0v) is 13.7. The quantitative estimate of drug-likeness (QED) is 0.585. The van der Waals surface area contributed by atoms with Gasteiger partial charge in [0, 0.05) is 23.5 Å². The van der Waals surface area contributed by atoms with Gasteiger partial charge in [-0.2, -0.15) is 5.10 Å². The van der Waals surface area contributed by atoms with Crippen LogP contribution in [0.1, 0.15) is 22.8 Å². The maximum atomic E-state index is 12.0. The van der Waals surface area contributed by atoms with Gasteiger partial charge in [0.1, 0.15) is 0 Å². The Morgan fingerprint density at radius 2 is 1.88 bits per heavy atom. The number of nitrogens with zero attached hydrogens (tertiary/aromatic N) is 2. The first kappa shape index (κ1) is 17.9. The molecule has 1 heterocycles. The van der Waals surface area contributed by atoms with Crippen molar-refractivity contribution in [2.24, 2.45) is 5.10 Å². The normalized spacial score (nSPS) is 10.9. The van der Waals surface area contributed by atoms with E-state index in [1.807, 2.05) is 0 Å². The Hall–Kier alpha value is -3.42. The Labute approximate surface area is 144 Å². The molecule has 8 heteroatoms. The molecule has 0 aliphatic heterocycles. The van der Waals surface area contributed by atoms with Gasteiger partial charge in [-0.05, 0) is 37.3 Å². The predicted octanol–water partition coefficient (Wildman–Crippen LogP) is 1.71. The van der Waals surface area contributed by atoms with Crippen molar-refractivity contribution >= 4 is 17.6 Å². The van der Waals surface area contributed by atoms with E-state index >= 15 is 0 Å². The highest BCUT2D eigenvalue weighted by molar-refractivity contribution is 6.01. The van der Waals surface area contributed by atoms with Crippen LogP contribution in [0.15, 0.2) is 47.8 Å². The first-order chi connectivity index (χ1) is 12.0. The van der Waals surface area contributed by atoms with Gasteiger partial charge in [-0.15, -0.1) is 0 Å². The Morgan fingerprint density at radius 1 is 1.16 bits per heavy atom. The van der Waals surface area contributed by atoms with Gasteiger partial charge in [0.2, 0.25) is 0 Å². The average molecular weight is 343 g/mol. The summed E-state index contributed by atoms with van der Waals surface area (Å²) in [5, 5.41) is 12.7. The van der Waals surface area contributed by atoms with Gasteiger partial charge in [-0.3, -0.25) is 9.78 Å². The van der Waals surface area contributed by atoms with Gasteiger partial charge < -0.3 is 14.6 Å². The number of rotatable bonds is 7. The van der Waals surface area contributed by atoms with Crippen LogP contribution in [-0.2, 0) is 4.79 Å². The van der Waals surface area contributed by atoms with Crippen molar-refractivity contribution in [1.82, 2.24) is 10.4 Å². The third-order valence-corrected chi connectivity index (χ3v) is 3.20. The zero-order valence-electron chi connectivity index (χ0n) is 13.7. The molecule has 2 N–H and O–H groups in total. The molecule has 2 rings (SSSR count). The maximum absolute atomic E-state index is 12.0. The first-order valence-electron chi connectivity index (χ1n) is 7.29. The smallest absolute Gasteiger partial charge is 0.341 e. The van der Waals surface area contributed by atoms with Crippen molar-refractivity contribution in [3.63, 3.8) is 0 Å². The SMILES string of the molecule is COc1cc(/C(C)=N\NC(=O)c2ccncc2)ccc1OCC(=O)O. The van der Waals surface area contributed by atoms with E-state index < -0.39 is 12.6 Å². The number of methoxy groups -OCH3 is 1. The maximum Gasteiger partial charge on any atom is 0.341 e. The highest BCUT2D eigenvalue weighted by atomic mass is 16.5. The summed E-state index contributed by atoms with van der Waals surface area (Å²) in [6.07, 6.45) is 3.04. The molecule has 1 amide bonds. The van der Waals surface area contributed by atoms with Crippen molar-refractivity contribution in [2.75, 3.05) is 13.7 Å². The largest absolute Gasteiger partial charge is 0.493 e. The van der Waals surface area contributed by atoms with E-state index in [0.717, 1.165) is 0 Å². The Kier molecular flexibility index (Phi) is 6.05. The summed E-state index contributed by atoms with van der Waals surface area (Å²) >= 11 is 0. The van der Waals surface area contributed by atoms with E-state index in [1.165, 1.54) is 19.5 Å². The average Bonchev–Trinajstić information content (AvgIpc) is 2.64. The van der Waals surface area contributed by atoms with Crippen LogP contribution < -0.4 is 14.9 Å². The fourth-order valence-electron chi connectivity index (χ4n) is 1.92. The number of hydrazone groups is 1. The summed E-state index contributed by atoms with van der Waals surface area (Å²) in [7, 11) is 1.45. The number of carboxylic acids is 1. The van der Waals surface area contributed by atoms with Gasteiger partial charge >= 0.3 is 5.97 Å². The fourth-order valence-corrected chi connectivity index (χ4v) is 1.92. The lowest BCUT2D eigenvalue weighted by molar-refractivity contribution is -0.139. The lowest BCUT2D eigenvalue weighted by atomic mass is 10.1. The van der Waals surface area contributed by atoms with Crippen LogP contribution in [0, 0.1) is 0 Å². The number of carboxylic acid groups (broad SMARTS) is 1. The molecule has 130 valence electrons. The van der Waals surface area contributed by atoms with Crippen molar-refractivity contribution in [1.29, 1.82) is 0 Å². The van der Waals surface area contributed by atoms with Gasteiger partial charge in [-0.1, -0.05) is 0 Å². The minimum atomic E-state index is -1.08. The molecule has 0 spiro atoms. The van der Waals surface area contributed by atoms with Crippen molar-refractivity contribution < 1.29 is 24.2 Å². The van der Waals surface area contributed by atoms with E-state index in [1.54, 1.807) is 37.3 Å². The van der Waals surface area contributed by atoms with E-state index in [4.69, 9.17) is 14.6 Å². The molecule has 2 aromatic rings. The van der Waals surface area contributed by atoms with Gasteiger partial charge in [0.25, 0.3) is 5.91 Å². The molecule has 0 radical (unpaired) electrons. The molecule has 1 aromatic heterocycles. The molecule has 0 atom stereocenters. The van der Waals surface area contributed by atoms with E-state index in [0.29, 0.717) is 28.3 Å². The van der Waals surface area contributed by atoms with Crippen LogP contribution in [0.3, 0.4) is 0 Å². The first-order valence-corrected chi connectivity index (χ1v) is 7.29. The highest BCUT2D eigenvalue weighted by Gasteiger charge is 2.10. The minimum absolute atomic E-state index is 0.308. The summed E-state index contributed by atoms with van der Waals surface area (Å²) in [6.45, 7) is 1.25. The third-order valence-electron chi connectivity index (χ3n) is 3.20. The Bertz CT molecular complexity index is 790. The summed E-state index contributed by atoms with van der Waals surface area (Å²) < 4.78 is 10.3. The summed E-state index contributed by atoms with van der Waals surface area (Å²) in [4.78, 5) is 26.4. The van der Waals surface area contributed by atoms with E-state index in [9.17, 15) is 9.59 Å². The summed E-state index contributed by atoms with van der Waals surface area (Å²) in [5.74, 6) is -0.756. The van der Waals surface area contributed by atoms with Crippen LogP contribution >= 0.6 is 0 Å². The summed E-state index contributed by atoms with van der Waals surface area (Å²) in [6, 6.07) is 8.09. The summed E-state index contributed by atoms with van der Waals surface area (Å²) in [5.41, 5.74) is 4.14. The lowest BCUT2D eigenvalue weighted by Crippen LogP contribution is -2.19. The molecule has 25 heavy (non-hydrogen) atoms. The second kappa shape index (κ2) is 8.44. The Morgan fingerprint density at radius 3 is 2.52 bits per heavy atom. The highest BCUT2D eigenvalue weighted by Crippen LogP contribution is 2.28. The fraction of sp³-hybridized carbons (Fsp3) is 0.176. The number of benzene rings is 1. The number of carbonyl (C=O) groups excluding carboxylic acids is 1. The van der Waals surface area contributed by atoms with Crippen molar-refractivity contribution in [2.45, 2.75) is 6.92 Å². The second-order valence-electron chi connectivity index (χ2n) is 4.92. The number of carbonyl (C=O) groups is 2. The molecule has 0 saturated carbocycles. The van der Waals surface area contributed by atoms with Gasteiger partial charge in [0.15, 0.2) is 18.1 Å². The molecule has 0 unspecified atom stereocenters.